The van der Waals surface area contributed by atoms with Gasteiger partial charge in [-0.05, 0) is 55.2 Å². The third kappa shape index (κ3) is 4.53. The Labute approximate surface area is 152 Å². The fraction of sp³-hybridized carbons (Fsp3) is 0.300. The van der Waals surface area contributed by atoms with Crippen LogP contribution in [0.25, 0.3) is 0 Å². The molecule has 0 atom stereocenters. The summed E-state index contributed by atoms with van der Waals surface area (Å²) in [7, 11) is 0. The Balaban J connectivity index is 1.43. The Hall–Kier alpha value is -3.02. The number of hydrogen-bond acceptors (Lipinski definition) is 5. The molecule has 6 heteroatoms. The molecule has 1 aliphatic heterocycles. The molecule has 0 fully saturated rings. The molecule has 0 saturated carbocycles. The number of benzene rings is 2. The van der Waals surface area contributed by atoms with E-state index in [1.165, 1.54) is 0 Å². The third-order valence-electron chi connectivity index (χ3n) is 4.09. The summed E-state index contributed by atoms with van der Waals surface area (Å²) in [5.41, 5.74) is 3.68. The lowest BCUT2D eigenvalue weighted by atomic mass is 10.1. The summed E-state index contributed by atoms with van der Waals surface area (Å²) in [5.74, 6) is 0.622. The van der Waals surface area contributed by atoms with Crippen LogP contribution in [0.5, 0.6) is 11.5 Å². The Bertz CT molecular complexity index is 831. The minimum atomic E-state index is -0.418. The molecule has 1 heterocycles. The van der Waals surface area contributed by atoms with Gasteiger partial charge in [0.15, 0.2) is 18.1 Å². The van der Waals surface area contributed by atoms with Gasteiger partial charge < -0.3 is 19.5 Å². The molecule has 2 aromatic rings. The fourth-order valence-corrected chi connectivity index (χ4v) is 2.62. The Morgan fingerprint density at radius 1 is 1.08 bits per heavy atom. The highest BCUT2D eigenvalue weighted by Gasteiger charge is 2.14. The van der Waals surface area contributed by atoms with Gasteiger partial charge in [0.05, 0.1) is 0 Å². The van der Waals surface area contributed by atoms with Gasteiger partial charge in [-0.25, -0.2) is 0 Å². The summed E-state index contributed by atoms with van der Waals surface area (Å²) in [4.78, 5) is 23.8. The maximum absolute atomic E-state index is 12.0. The van der Waals surface area contributed by atoms with Crippen molar-refractivity contribution in [3.63, 3.8) is 0 Å². The van der Waals surface area contributed by atoms with Crippen LogP contribution in [0.1, 0.15) is 23.1 Å². The Morgan fingerprint density at radius 3 is 2.73 bits per heavy atom. The number of aryl methyl sites for hydroxylation is 3. The predicted octanol–water partition coefficient (Wildman–Crippen LogP) is 3.15. The van der Waals surface area contributed by atoms with Crippen LogP contribution in [-0.4, -0.2) is 25.3 Å². The number of carbonyl (C=O) groups is 2. The summed E-state index contributed by atoms with van der Waals surface area (Å²) in [6.45, 7) is 3.78. The van der Waals surface area contributed by atoms with Crippen LogP contribution >= 0.6 is 0 Å². The summed E-state index contributed by atoms with van der Waals surface area (Å²) >= 11 is 0. The van der Waals surface area contributed by atoms with Crippen LogP contribution < -0.4 is 14.8 Å². The van der Waals surface area contributed by atoms with Crippen molar-refractivity contribution in [3.05, 3.63) is 53.1 Å². The second-order valence-electron chi connectivity index (χ2n) is 6.21. The van der Waals surface area contributed by atoms with Gasteiger partial charge >= 0.3 is 5.97 Å². The topological polar surface area (TPSA) is 73.9 Å². The van der Waals surface area contributed by atoms with E-state index in [9.17, 15) is 9.59 Å². The molecule has 0 aliphatic carbocycles. The van der Waals surface area contributed by atoms with Crippen molar-refractivity contribution in [1.82, 2.24) is 0 Å². The molecule has 0 unspecified atom stereocenters. The molecular weight excluding hydrogens is 334 g/mol. The fourth-order valence-electron chi connectivity index (χ4n) is 2.62. The number of rotatable bonds is 6. The number of hydrogen-bond donors (Lipinski definition) is 1. The molecule has 6 nitrogen and oxygen atoms in total. The van der Waals surface area contributed by atoms with E-state index in [4.69, 9.17) is 14.2 Å². The van der Waals surface area contributed by atoms with E-state index in [0.29, 0.717) is 17.9 Å². The van der Waals surface area contributed by atoms with Crippen molar-refractivity contribution < 1.29 is 23.8 Å². The first kappa shape index (κ1) is 17.8. The molecule has 0 saturated heterocycles. The molecular formula is C20H21NO5. The van der Waals surface area contributed by atoms with Crippen LogP contribution in [0.4, 0.5) is 5.69 Å². The number of anilines is 1. The quantitative estimate of drug-likeness (QED) is 0.806. The van der Waals surface area contributed by atoms with E-state index in [2.05, 4.69) is 5.32 Å². The van der Waals surface area contributed by atoms with E-state index in [1.807, 2.05) is 50.2 Å². The SMILES string of the molecule is Cc1ccc(C)c(NC(=O)COC(=O)CCc2ccc3c(c2)OCO3)c1. The number of esters is 1. The van der Waals surface area contributed by atoms with E-state index in [0.717, 1.165) is 22.4 Å². The Kier molecular flexibility index (Phi) is 5.41. The molecule has 1 amide bonds. The van der Waals surface area contributed by atoms with Crippen molar-refractivity contribution in [1.29, 1.82) is 0 Å². The van der Waals surface area contributed by atoms with Crippen molar-refractivity contribution >= 4 is 17.6 Å². The summed E-state index contributed by atoms with van der Waals surface area (Å²) in [6, 6.07) is 11.3. The highest BCUT2D eigenvalue weighted by atomic mass is 16.7. The summed E-state index contributed by atoms with van der Waals surface area (Å²) in [5, 5.41) is 2.76. The molecule has 0 radical (unpaired) electrons. The molecule has 1 aliphatic rings. The maximum Gasteiger partial charge on any atom is 0.306 e. The van der Waals surface area contributed by atoms with E-state index in [1.54, 1.807) is 0 Å². The van der Waals surface area contributed by atoms with Crippen LogP contribution in [-0.2, 0) is 20.7 Å². The molecule has 2 aromatic carbocycles. The van der Waals surface area contributed by atoms with Gasteiger partial charge in [-0.1, -0.05) is 18.2 Å². The number of amides is 1. The largest absolute Gasteiger partial charge is 0.456 e. The van der Waals surface area contributed by atoms with Gasteiger partial charge in [-0.2, -0.15) is 0 Å². The normalized spacial score (nSPS) is 11.9. The minimum Gasteiger partial charge on any atom is -0.456 e. The lowest BCUT2D eigenvalue weighted by molar-refractivity contribution is -0.147. The predicted molar refractivity (Wildman–Crippen MR) is 96.4 cm³/mol. The minimum absolute atomic E-state index is 0.191. The number of nitrogens with one attached hydrogen (secondary N) is 1. The van der Waals surface area contributed by atoms with Crippen molar-refractivity contribution in [2.45, 2.75) is 26.7 Å². The monoisotopic (exact) mass is 355 g/mol. The zero-order valence-corrected chi connectivity index (χ0v) is 14.8. The van der Waals surface area contributed by atoms with Gasteiger partial charge in [0.2, 0.25) is 6.79 Å². The number of fused-ring (bicyclic) bond motifs is 1. The molecule has 0 spiro atoms. The second kappa shape index (κ2) is 7.91. The van der Waals surface area contributed by atoms with Crippen LogP contribution in [0.3, 0.4) is 0 Å². The van der Waals surface area contributed by atoms with Gasteiger partial charge in [0.25, 0.3) is 5.91 Å². The standard InChI is InChI=1S/C20H21NO5/c1-13-3-4-14(2)16(9-13)21-19(22)11-24-20(23)8-6-15-5-7-17-18(10-15)26-12-25-17/h3-5,7,9-10H,6,8,11-12H2,1-2H3,(H,21,22). The maximum atomic E-state index is 12.0. The highest BCUT2D eigenvalue weighted by Crippen LogP contribution is 2.32. The highest BCUT2D eigenvalue weighted by molar-refractivity contribution is 5.93. The van der Waals surface area contributed by atoms with Crippen molar-refractivity contribution in [2.24, 2.45) is 0 Å². The summed E-state index contributed by atoms with van der Waals surface area (Å²) in [6.07, 6.45) is 0.699. The number of ether oxygens (including phenoxy) is 3. The average Bonchev–Trinajstić information content (AvgIpc) is 3.09. The molecule has 26 heavy (non-hydrogen) atoms. The zero-order chi connectivity index (χ0) is 18.5. The smallest absolute Gasteiger partial charge is 0.306 e. The second-order valence-corrected chi connectivity index (χ2v) is 6.21. The van der Waals surface area contributed by atoms with Gasteiger partial charge in [-0.15, -0.1) is 0 Å². The van der Waals surface area contributed by atoms with E-state index < -0.39 is 5.97 Å². The first-order valence-electron chi connectivity index (χ1n) is 8.42. The molecule has 0 aromatic heterocycles. The van der Waals surface area contributed by atoms with Crippen LogP contribution in [0, 0.1) is 13.8 Å². The van der Waals surface area contributed by atoms with Crippen molar-refractivity contribution in [3.8, 4) is 11.5 Å². The lowest BCUT2D eigenvalue weighted by Gasteiger charge is -2.10. The molecule has 3 rings (SSSR count). The first-order valence-corrected chi connectivity index (χ1v) is 8.42. The zero-order valence-electron chi connectivity index (χ0n) is 14.8. The van der Waals surface area contributed by atoms with Gasteiger partial charge in [0.1, 0.15) is 0 Å². The molecule has 0 bridgehead atoms. The number of carbonyl (C=O) groups excluding carboxylic acids is 2. The van der Waals surface area contributed by atoms with Gasteiger partial charge in [0, 0.05) is 12.1 Å². The van der Waals surface area contributed by atoms with Crippen LogP contribution in [0.2, 0.25) is 0 Å². The van der Waals surface area contributed by atoms with Crippen LogP contribution in [0.15, 0.2) is 36.4 Å². The average molecular weight is 355 g/mol. The Morgan fingerprint density at radius 2 is 1.88 bits per heavy atom. The molecule has 1 N–H and O–H groups in total. The van der Waals surface area contributed by atoms with E-state index in [-0.39, 0.29) is 25.7 Å². The molecule has 136 valence electrons. The van der Waals surface area contributed by atoms with Gasteiger partial charge in [-0.3, -0.25) is 9.59 Å². The first-order chi connectivity index (χ1) is 12.5. The van der Waals surface area contributed by atoms with Crippen molar-refractivity contribution in [2.75, 3.05) is 18.7 Å². The third-order valence-corrected chi connectivity index (χ3v) is 4.09. The van der Waals surface area contributed by atoms with E-state index >= 15 is 0 Å². The lowest BCUT2D eigenvalue weighted by Crippen LogP contribution is -2.21. The summed E-state index contributed by atoms with van der Waals surface area (Å²) < 4.78 is 15.6.